The minimum Gasteiger partial charge on any atom is -0.496 e. The van der Waals surface area contributed by atoms with E-state index in [1.54, 1.807) is 7.11 Å². The fraction of sp³-hybridized carbons (Fsp3) is 0.167. The number of rotatable bonds is 4. The third-order valence-corrected chi connectivity index (χ3v) is 3.11. The number of ether oxygens (including phenoxy) is 1. The number of benzene rings is 1. The molecule has 0 saturated heterocycles. The lowest BCUT2D eigenvalue weighted by atomic mass is 10.1. The molecule has 0 unspecified atom stereocenters. The molecule has 4 nitrogen and oxygen atoms in total. The van der Waals surface area contributed by atoms with E-state index in [0.29, 0.717) is 0 Å². The fourth-order valence-corrected chi connectivity index (χ4v) is 2.33. The molecule has 0 bridgehead atoms. The zero-order valence-electron chi connectivity index (χ0n) is 9.34. The summed E-state index contributed by atoms with van der Waals surface area (Å²) in [5.41, 5.74) is 6.86. The van der Waals surface area contributed by atoms with Gasteiger partial charge in [0.2, 0.25) is 5.91 Å². The summed E-state index contributed by atoms with van der Waals surface area (Å²) >= 11 is 1.42. The van der Waals surface area contributed by atoms with Crippen LogP contribution in [0.5, 0.6) is 5.75 Å². The number of hydrogen-bond donors (Lipinski definition) is 1. The van der Waals surface area contributed by atoms with Gasteiger partial charge < -0.3 is 10.5 Å². The molecule has 2 aromatic rings. The van der Waals surface area contributed by atoms with Gasteiger partial charge in [0.25, 0.3) is 0 Å². The lowest BCUT2D eigenvalue weighted by Gasteiger charge is -2.04. The Hall–Kier alpha value is -1.88. The van der Waals surface area contributed by atoms with Crippen LogP contribution in [0, 0.1) is 0 Å². The molecule has 0 spiro atoms. The second-order valence-corrected chi connectivity index (χ2v) is 4.41. The Labute approximate surface area is 103 Å². The number of hydrogen-bond acceptors (Lipinski definition) is 4. The van der Waals surface area contributed by atoms with Crippen LogP contribution in [-0.2, 0) is 11.2 Å². The SMILES string of the molecule is COc1ccccc1-c1csc(CC(N)=O)n1. The van der Waals surface area contributed by atoms with Crippen LogP contribution in [0.2, 0.25) is 0 Å². The van der Waals surface area contributed by atoms with Gasteiger partial charge in [-0.1, -0.05) is 12.1 Å². The van der Waals surface area contributed by atoms with Crippen molar-refractivity contribution in [3.8, 4) is 17.0 Å². The molecule has 2 N–H and O–H groups in total. The molecule has 0 saturated carbocycles. The number of carbonyl (C=O) groups excluding carboxylic acids is 1. The van der Waals surface area contributed by atoms with Crippen LogP contribution < -0.4 is 10.5 Å². The van der Waals surface area contributed by atoms with Gasteiger partial charge in [0.15, 0.2) is 0 Å². The van der Waals surface area contributed by atoms with E-state index in [2.05, 4.69) is 4.98 Å². The van der Waals surface area contributed by atoms with Crippen molar-refractivity contribution in [1.82, 2.24) is 4.98 Å². The highest BCUT2D eigenvalue weighted by molar-refractivity contribution is 7.10. The van der Waals surface area contributed by atoms with E-state index in [9.17, 15) is 4.79 Å². The van der Waals surface area contributed by atoms with E-state index in [1.165, 1.54) is 11.3 Å². The second-order valence-electron chi connectivity index (χ2n) is 3.47. The predicted molar refractivity (Wildman–Crippen MR) is 67.0 cm³/mol. The molecule has 0 radical (unpaired) electrons. The highest BCUT2D eigenvalue weighted by Crippen LogP contribution is 2.30. The minimum absolute atomic E-state index is 0.180. The molecule has 88 valence electrons. The van der Waals surface area contributed by atoms with Crippen molar-refractivity contribution in [3.63, 3.8) is 0 Å². The highest BCUT2D eigenvalue weighted by Gasteiger charge is 2.10. The summed E-state index contributed by atoms with van der Waals surface area (Å²) in [7, 11) is 1.62. The normalized spacial score (nSPS) is 10.2. The topological polar surface area (TPSA) is 65.2 Å². The number of primary amides is 1. The van der Waals surface area contributed by atoms with E-state index < -0.39 is 0 Å². The fourth-order valence-electron chi connectivity index (χ4n) is 1.52. The Morgan fingerprint density at radius 2 is 2.24 bits per heavy atom. The molecule has 0 aliphatic carbocycles. The van der Waals surface area contributed by atoms with Crippen LogP contribution in [0.1, 0.15) is 5.01 Å². The molecule has 1 aromatic heterocycles. The second kappa shape index (κ2) is 4.97. The number of aromatic nitrogens is 1. The number of thiazole rings is 1. The third kappa shape index (κ3) is 2.62. The molecule has 0 aliphatic rings. The van der Waals surface area contributed by atoms with Gasteiger partial charge in [0, 0.05) is 10.9 Å². The summed E-state index contributed by atoms with van der Waals surface area (Å²) in [4.78, 5) is 15.2. The van der Waals surface area contributed by atoms with Gasteiger partial charge in [-0.05, 0) is 12.1 Å². The maximum atomic E-state index is 10.8. The summed E-state index contributed by atoms with van der Waals surface area (Å²) in [6, 6.07) is 7.63. The number of nitrogens with zero attached hydrogens (tertiary/aromatic N) is 1. The van der Waals surface area contributed by atoms with E-state index in [1.807, 2.05) is 29.6 Å². The van der Waals surface area contributed by atoms with E-state index in [0.717, 1.165) is 22.0 Å². The van der Waals surface area contributed by atoms with Crippen molar-refractivity contribution in [2.24, 2.45) is 5.73 Å². The van der Waals surface area contributed by atoms with Gasteiger partial charge in [0.1, 0.15) is 10.8 Å². The Morgan fingerprint density at radius 1 is 1.47 bits per heavy atom. The molecule has 17 heavy (non-hydrogen) atoms. The zero-order chi connectivity index (χ0) is 12.3. The van der Waals surface area contributed by atoms with Crippen LogP contribution in [0.25, 0.3) is 11.3 Å². The largest absolute Gasteiger partial charge is 0.496 e. The van der Waals surface area contributed by atoms with Gasteiger partial charge in [-0.15, -0.1) is 11.3 Å². The van der Waals surface area contributed by atoms with Crippen LogP contribution in [0.15, 0.2) is 29.6 Å². The quantitative estimate of drug-likeness (QED) is 0.898. The molecular formula is C12H12N2O2S. The summed E-state index contributed by atoms with van der Waals surface area (Å²) in [6.45, 7) is 0. The monoisotopic (exact) mass is 248 g/mol. The Kier molecular flexibility index (Phi) is 3.39. The summed E-state index contributed by atoms with van der Waals surface area (Å²) < 4.78 is 5.26. The first-order valence-electron chi connectivity index (χ1n) is 5.07. The first kappa shape index (κ1) is 11.6. The molecular weight excluding hydrogens is 236 g/mol. The maximum absolute atomic E-state index is 10.8. The van der Waals surface area contributed by atoms with Crippen molar-refractivity contribution < 1.29 is 9.53 Å². The predicted octanol–water partition coefficient (Wildman–Crippen LogP) is 1.85. The minimum atomic E-state index is -0.370. The van der Waals surface area contributed by atoms with Gasteiger partial charge in [-0.25, -0.2) is 4.98 Å². The molecule has 0 atom stereocenters. The number of carbonyl (C=O) groups is 1. The van der Waals surface area contributed by atoms with Crippen molar-refractivity contribution >= 4 is 17.2 Å². The average molecular weight is 248 g/mol. The zero-order valence-corrected chi connectivity index (χ0v) is 10.2. The van der Waals surface area contributed by atoms with E-state index >= 15 is 0 Å². The summed E-state index contributed by atoms with van der Waals surface area (Å²) in [5.74, 6) is 0.398. The number of nitrogens with two attached hydrogens (primary N) is 1. The molecule has 1 aromatic carbocycles. The van der Waals surface area contributed by atoms with Crippen LogP contribution >= 0.6 is 11.3 Å². The number of methoxy groups -OCH3 is 1. The Balaban J connectivity index is 2.33. The number of para-hydroxylation sites is 1. The van der Waals surface area contributed by atoms with Gasteiger partial charge in [-0.3, -0.25) is 4.79 Å². The smallest absolute Gasteiger partial charge is 0.224 e. The van der Waals surface area contributed by atoms with Gasteiger partial charge in [-0.2, -0.15) is 0 Å². The Morgan fingerprint density at radius 3 is 2.94 bits per heavy atom. The van der Waals surface area contributed by atoms with Gasteiger partial charge in [0.05, 0.1) is 19.2 Å². The van der Waals surface area contributed by atoms with Crippen molar-refractivity contribution in [2.45, 2.75) is 6.42 Å². The Bertz CT molecular complexity index is 537. The number of amides is 1. The summed E-state index contributed by atoms with van der Waals surface area (Å²) in [5, 5.41) is 2.62. The van der Waals surface area contributed by atoms with Crippen molar-refractivity contribution in [3.05, 3.63) is 34.7 Å². The third-order valence-electron chi connectivity index (χ3n) is 2.26. The lowest BCUT2D eigenvalue weighted by molar-refractivity contribution is -0.117. The van der Waals surface area contributed by atoms with Crippen molar-refractivity contribution in [2.75, 3.05) is 7.11 Å². The summed E-state index contributed by atoms with van der Waals surface area (Å²) in [6.07, 6.45) is 0.180. The maximum Gasteiger partial charge on any atom is 0.224 e. The lowest BCUT2D eigenvalue weighted by Crippen LogP contribution is -2.13. The molecule has 0 aliphatic heterocycles. The van der Waals surface area contributed by atoms with Crippen LogP contribution in [-0.4, -0.2) is 18.0 Å². The molecule has 2 rings (SSSR count). The van der Waals surface area contributed by atoms with Crippen LogP contribution in [0.4, 0.5) is 0 Å². The molecule has 1 heterocycles. The average Bonchev–Trinajstić information content (AvgIpc) is 2.76. The molecule has 1 amide bonds. The first-order chi connectivity index (χ1) is 8.20. The first-order valence-corrected chi connectivity index (χ1v) is 5.94. The standard InChI is InChI=1S/C12H12N2O2S/c1-16-10-5-3-2-4-8(10)9-7-17-12(14-9)6-11(13)15/h2-5,7H,6H2,1H3,(H2,13,15). The highest BCUT2D eigenvalue weighted by atomic mass is 32.1. The molecule has 0 fully saturated rings. The van der Waals surface area contributed by atoms with Crippen molar-refractivity contribution in [1.29, 1.82) is 0 Å². The van der Waals surface area contributed by atoms with Crippen LogP contribution in [0.3, 0.4) is 0 Å². The molecule has 5 heteroatoms. The van der Waals surface area contributed by atoms with E-state index in [4.69, 9.17) is 10.5 Å². The van der Waals surface area contributed by atoms with Gasteiger partial charge >= 0.3 is 0 Å². The van der Waals surface area contributed by atoms with E-state index in [-0.39, 0.29) is 12.3 Å².